The monoisotopic (exact) mass is 343 g/mol. The summed E-state index contributed by atoms with van der Waals surface area (Å²) in [7, 11) is -3.74. The van der Waals surface area contributed by atoms with E-state index in [1.54, 1.807) is 12.1 Å². The fourth-order valence-electron chi connectivity index (χ4n) is 1.82. The molecule has 0 aromatic heterocycles. The molecule has 0 saturated heterocycles. The Morgan fingerprint density at radius 1 is 1.05 bits per heavy atom. The summed E-state index contributed by atoms with van der Waals surface area (Å²) < 4.78 is 25.5. The summed E-state index contributed by atoms with van der Waals surface area (Å²) in [6.45, 7) is 1.88. The Labute approximate surface area is 135 Å². The first-order valence-corrected chi connectivity index (χ1v) is 8.57. The van der Waals surface area contributed by atoms with Gasteiger partial charge in [-0.05, 0) is 36.4 Å². The molecular weight excluding hydrogens is 329 g/mol. The van der Waals surface area contributed by atoms with Crippen molar-refractivity contribution in [1.29, 1.82) is 0 Å². The van der Waals surface area contributed by atoms with Crippen LogP contribution < -0.4 is 0 Å². The quantitative estimate of drug-likeness (QED) is 0.604. The Bertz CT molecular complexity index is 687. The van der Waals surface area contributed by atoms with E-state index in [0.717, 1.165) is 15.0 Å². The van der Waals surface area contributed by atoms with Crippen molar-refractivity contribution in [1.82, 2.24) is 3.82 Å². The van der Waals surface area contributed by atoms with Crippen LogP contribution in [0.3, 0.4) is 0 Å². The molecular formula is C15H15Cl2NO2S. The summed E-state index contributed by atoms with van der Waals surface area (Å²) in [5, 5.41) is -0.510. The summed E-state index contributed by atoms with van der Waals surface area (Å²) in [5.74, 6) is 0. The minimum absolute atomic E-state index is 0.0106. The molecule has 3 nitrogen and oxygen atoms in total. The molecule has 1 atom stereocenters. The lowest BCUT2D eigenvalue weighted by Gasteiger charge is -2.18. The van der Waals surface area contributed by atoms with Gasteiger partial charge in [-0.1, -0.05) is 48.0 Å². The number of halogens is 2. The summed E-state index contributed by atoms with van der Waals surface area (Å²) >= 11 is 12.2. The fourth-order valence-corrected chi connectivity index (χ4v) is 3.68. The second-order valence-corrected chi connectivity index (χ2v) is 7.66. The van der Waals surface area contributed by atoms with Gasteiger partial charge in [-0.2, -0.15) is 0 Å². The van der Waals surface area contributed by atoms with Crippen molar-refractivity contribution in [2.45, 2.75) is 17.2 Å². The predicted octanol–water partition coefficient (Wildman–Crippen LogP) is 4.12. The summed E-state index contributed by atoms with van der Waals surface area (Å²) in [6, 6.07) is 15.8. The topological polar surface area (TPSA) is 37.4 Å². The number of benzene rings is 2. The van der Waals surface area contributed by atoms with E-state index >= 15 is 0 Å². The zero-order chi connectivity index (χ0) is 15.5. The van der Waals surface area contributed by atoms with Crippen molar-refractivity contribution in [3.8, 4) is 0 Å². The molecule has 2 aromatic carbocycles. The van der Waals surface area contributed by atoms with Crippen LogP contribution in [0, 0.1) is 6.92 Å². The molecule has 0 spiro atoms. The molecule has 6 heteroatoms. The normalized spacial score (nSPS) is 13.3. The summed E-state index contributed by atoms with van der Waals surface area (Å²) in [5.41, 5.74) is 1.80. The van der Waals surface area contributed by atoms with Gasteiger partial charge in [-0.3, -0.25) is 0 Å². The molecule has 0 saturated carbocycles. The molecule has 0 heterocycles. The second-order valence-electron chi connectivity index (χ2n) is 4.67. The zero-order valence-corrected chi connectivity index (χ0v) is 13.7. The average molecular weight is 344 g/mol. The molecule has 0 aliphatic carbocycles. The third-order valence-electron chi connectivity index (χ3n) is 3.04. The van der Waals surface area contributed by atoms with E-state index in [1.807, 2.05) is 37.3 Å². The highest BCUT2D eigenvalue weighted by Gasteiger charge is 2.25. The van der Waals surface area contributed by atoms with Gasteiger partial charge in [0.15, 0.2) is 0 Å². The van der Waals surface area contributed by atoms with Crippen molar-refractivity contribution in [3.05, 3.63) is 65.7 Å². The number of nitrogens with zero attached hydrogens (tertiary/aromatic N) is 1. The van der Waals surface area contributed by atoms with E-state index in [4.69, 9.17) is 23.4 Å². The first kappa shape index (κ1) is 16.3. The molecule has 21 heavy (non-hydrogen) atoms. The molecule has 0 radical (unpaired) electrons. The highest BCUT2D eigenvalue weighted by Crippen LogP contribution is 2.26. The van der Waals surface area contributed by atoms with Gasteiger partial charge in [0.2, 0.25) is 0 Å². The van der Waals surface area contributed by atoms with Crippen LogP contribution in [-0.2, 0) is 10.0 Å². The van der Waals surface area contributed by atoms with Crippen molar-refractivity contribution in [3.63, 3.8) is 0 Å². The smallest absolute Gasteiger partial charge is 0.206 e. The van der Waals surface area contributed by atoms with Gasteiger partial charge in [0.05, 0.1) is 16.8 Å². The van der Waals surface area contributed by atoms with Crippen LogP contribution >= 0.6 is 23.4 Å². The first-order chi connectivity index (χ1) is 9.91. The van der Waals surface area contributed by atoms with Crippen molar-refractivity contribution in [2.75, 3.05) is 6.54 Å². The van der Waals surface area contributed by atoms with Gasteiger partial charge >= 0.3 is 0 Å². The van der Waals surface area contributed by atoms with Crippen LogP contribution in [0.1, 0.15) is 16.5 Å². The van der Waals surface area contributed by atoms with Crippen molar-refractivity contribution in [2.24, 2.45) is 0 Å². The van der Waals surface area contributed by atoms with Crippen LogP contribution in [0.2, 0.25) is 0 Å². The Morgan fingerprint density at radius 2 is 1.62 bits per heavy atom. The van der Waals surface area contributed by atoms with Gasteiger partial charge in [0.1, 0.15) is 0 Å². The summed E-state index contributed by atoms with van der Waals surface area (Å²) in [4.78, 5) is 0.153. The van der Waals surface area contributed by atoms with Gasteiger partial charge in [0.25, 0.3) is 10.0 Å². The fraction of sp³-hybridized carbons (Fsp3) is 0.200. The number of sulfonamides is 1. The Morgan fingerprint density at radius 3 is 2.19 bits per heavy atom. The van der Waals surface area contributed by atoms with Gasteiger partial charge in [-0.15, -0.1) is 15.4 Å². The van der Waals surface area contributed by atoms with Gasteiger partial charge in [0, 0.05) is 0 Å². The van der Waals surface area contributed by atoms with Crippen molar-refractivity contribution >= 4 is 33.4 Å². The van der Waals surface area contributed by atoms with Crippen LogP contribution in [0.15, 0.2) is 59.5 Å². The molecule has 2 aromatic rings. The molecule has 0 fully saturated rings. The van der Waals surface area contributed by atoms with Gasteiger partial charge < -0.3 is 0 Å². The van der Waals surface area contributed by atoms with Crippen LogP contribution in [-0.4, -0.2) is 18.8 Å². The lowest BCUT2D eigenvalue weighted by molar-refractivity contribution is 0.533. The highest BCUT2D eigenvalue weighted by molar-refractivity contribution is 7.90. The molecule has 0 amide bonds. The molecule has 2 rings (SSSR count). The first-order valence-electron chi connectivity index (χ1n) is 6.35. The maximum absolute atomic E-state index is 12.3. The zero-order valence-electron chi connectivity index (χ0n) is 11.4. The molecule has 0 bridgehead atoms. The van der Waals surface area contributed by atoms with Crippen molar-refractivity contribution < 1.29 is 8.42 Å². The second kappa shape index (κ2) is 6.79. The minimum Gasteiger partial charge on any atom is -0.206 e. The average Bonchev–Trinajstić information content (AvgIpc) is 2.48. The number of hydrogen-bond acceptors (Lipinski definition) is 2. The van der Waals surface area contributed by atoms with E-state index in [0.29, 0.717) is 0 Å². The van der Waals surface area contributed by atoms with E-state index < -0.39 is 15.4 Å². The van der Waals surface area contributed by atoms with Gasteiger partial charge in [-0.25, -0.2) is 8.42 Å². The molecule has 0 N–H and O–H groups in total. The Hall–Kier alpha value is -1.07. The van der Waals surface area contributed by atoms with E-state index in [2.05, 4.69) is 0 Å². The molecule has 112 valence electrons. The van der Waals surface area contributed by atoms with E-state index in [9.17, 15) is 8.42 Å². The maximum Gasteiger partial charge on any atom is 0.256 e. The predicted molar refractivity (Wildman–Crippen MR) is 86.0 cm³/mol. The number of hydrogen-bond donors (Lipinski definition) is 0. The largest absolute Gasteiger partial charge is 0.256 e. The highest BCUT2D eigenvalue weighted by atomic mass is 35.5. The molecule has 1 unspecified atom stereocenters. The molecule has 0 aliphatic heterocycles. The van der Waals surface area contributed by atoms with E-state index in [1.165, 1.54) is 12.1 Å². The Kier molecular flexibility index (Phi) is 5.27. The van der Waals surface area contributed by atoms with Crippen LogP contribution in [0.25, 0.3) is 0 Å². The minimum atomic E-state index is -3.74. The third kappa shape index (κ3) is 3.98. The number of rotatable bonds is 5. The van der Waals surface area contributed by atoms with Crippen LogP contribution in [0.4, 0.5) is 0 Å². The number of alkyl halides is 1. The lowest BCUT2D eigenvalue weighted by atomic mass is 10.1. The maximum atomic E-state index is 12.3. The lowest BCUT2D eigenvalue weighted by Crippen LogP contribution is -2.25. The Balaban J connectivity index is 2.15. The summed E-state index contributed by atoms with van der Waals surface area (Å²) in [6.07, 6.45) is 0. The standard InChI is InChI=1S/C15H15Cl2NO2S/c1-12-7-9-14(10-8-12)21(19,20)18(17)11-15(16)13-5-3-2-4-6-13/h2-10,15H,11H2,1H3. The SMILES string of the molecule is Cc1ccc(S(=O)(=O)N(Cl)CC(Cl)c2ccccc2)cc1. The number of aryl methyl sites for hydroxylation is 1. The van der Waals surface area contributed by atoms with Crippen LogP contribution in [0.5, 0.6) is 0 Å². The molecule has 0 aliphatic rings. The van der Waals surface area contributed by atoms with E-state index in [-0.39, 0.29) is 11.4 Å². The third-order valence-corrected chi connectivity index (χ3v) is 5.66.